The number of hydrogen-bond acceptors (Lipinski definition) is 4. The average molecular weight is 399 g/mol. The SMILES string of the molecule is CN(C(=O)c1cc2occc2[nH]1)C1COCc2[nH]c(=O)c3cc(F)c(F)cc3c21. The van der Waals surface area contributed by atoms with Crippen LogP contribution in [0.25, 0.3) is 21.9 Å². The molecule has 3 aromatic heterocycles. The number of nitrogens with one attached hydrogen (secondary N) is 2. The van der Waals surface area contributed by atoms with Crippen LogP contribution in [0.5, 0.6) is 0 Å². The average Bonchev–Trinajstić information content (AvgIpc) is 3.30. The van der Waals surface area contributed by atoms with Gasteiger partial charge < -0.3 is 24.0 Å². The molecule has 0 saturated heterocycles. The monoisotopic (exact) mass is 399 g/mol. The summed E-state index contributed by atoms with van der Waals surface area (Å²) in [6.07, 6.45) is 1.51. The van der Waals surface area contributed by atoms with Gasteiger partial charge in [-0.15, -0.1) is 0 Å². The standard InChI is InChI=1S/C20H15F2N3O4/c1-25(20(27)14-6-17-13(23-14)2-3-29-17)16-8-28-7-15-18(16)9-4-11(21)12(22)5-10(9)19(26)24-15/h2-6,16,23H,7-8H2,1H3,(H,24,26). The first-order valence-corrected chi connectivity index (χ1v) is 8.89. The number of halogens is 2. The summed E-state index contributed by atoms with van der Waals surface area (Å²) in [7, 11) is 1.59. The number of carbonyl (C=O) groups is 1. The van der Waals surface area contributed by atoms with Gasteiger partial charge in [0.25, 0.3) is 11.5 Å². The molecule has 1 aliphatic heterocycles. The van der Waals surface area contributed by atoms with Crippen LogP contribution >= 0.6 is 0 Å². The predicted octanol–water partition coefficient (Wildman–Crippen LogP) is 3.22. The first-order valence-electron chi connectivity index (χ1n) is 8.89. The summed E-state index contributed by atoms with van der Waals surface area (Å²) in [5.74, 6) is -2.50. The van der Waals surface area contributed by atoms with Crippen LogP contribution in [0.15, 0.2) is 39.7 Å². The van der Waals surface area contributed by atoms with Crippen LogP contribution in [0, 0.1) is 11.6 Å². The molecule has 0 spiro atoms. The Hall–Kier alpha value is -3.46. The molecule has 29 heavy (non-hydrogen) atoms. The summed E-state index contributed by atoms with van der Waals surface area (Å²) < 4.78 is 38.5. The van der Waals surface area contributed by atoms with Crippen molar-refractivity contribution in [3.8, 4) is 0 Å². The molecule has 1 atom stereocenters. The van der Waals surface area contributed by atoms with Crippen LogP contribution in [-0.2, 0) is 11.3 Å². The van der Waals surface area contributed by atoms with Crippen LogP contribution < -0.4 is 5.56 Å². The maximum Gasteiger partial charge on any atom is 0.270 e. The fourth-order valence-corrected chi connectivity index (χ4v) is 3.84. The van der Waals surface area contributed by atoms with E-state index in [2.05, 4.69) is 9.97 Å². The number of aromatic nitrogens is 2. The normalized spacial score (nSPS) is 16.3. The predicted molar refractivity (Wildman–Crippen MR) is 99.5 cm³/mol. The Balaban J connectivity index is 1.63. The van der Waals surface area contributed by atoms with Gasteiger partial charge in [-0.05, 0) is 17.5 Å². The number of carbonyl (C=O) groups excluding carboxylic acids is 1. The van der Waals surface area contributed by atoms with E-state index in [4.69, 9.17) is 9.15 Å². The number of amides is 1. The molecule has 1 unspecified atom stereocenters. The Labute approximate surface area is 161 Å². The molecule has 2 N–H and O–H groups in total. The number of hydrogen-bond donors (Lipinski definition) is 2. The molecular formula is C20H15F2N3O4. The van der Waals surface area contributed by atoms with E-state index >= 15 is 0 Å². The number of rotatable bonds is 2. The highest BCUT2D eigenvalue weighted by molar-refractivity contribution is 5.97. The lowest BCUT2D eigenvalue weighted by Gasteiger charge is -2.33. The summed E-state index contributed by atoms with van der Waals surface area (Å²) in [6.45, 7) is 0.250. The second-order valence-corrected chi connectivity index (χ2v) is 6.99. The van der Waals surface area contributed by atoms with E-state index in [1.165, 1.54) is 11.2 Å². The highest BCUT2D eigenvalue weighted by Gasteiger charge is 2.32. The van der Waals surface area contributed by atoms with Crippen LogP contribution in [0.1, 0.15) is 27.8 Å². The molecule has 9 heteroatoms. The Morgan fingerprint density at radius 2 is 1.93 bits per heavy atom. The van der Waals surface area contributed by atoms with Crippen LogP contribution in [0.4, 0.5) is 8.78 Å². The van der Waals surface area contributed by atoms with Crippen molar-refractivity contribution in [2.45, 2.75) is 12.6 Å². The summed E-state index contributed by atoms with van der Waals surface area (Å²) in [5, 5.41) is 0.281. The van der Waals surface area contributed by atoms with E-state index in [0.29, 0.717) is 28.1 Å². The van der Waals surface area contributed by atoms with Gasteiger partial charge in [0.05, 0.1) is 36.4 Å². The molecule has 7 nitrogen and oxygen atoms in total. The van der Waals surface area contributed by atoms with Crippen molar-refractivity contribution >= 4 is 27.8 Å². The zero-order valence-corrected chi connectivity index (χ0v) is 15.2. The van der Waals surface area contributed by atoms with Crippen molar-refractivity contribution in [2.24, 2.45) is 0 Å². The summed E-state index contributed by atoms with van der Waals surface area (Å²) in [6, 6.07) is 4.57. The third-order valence-electron chi connectivity index (χ3n) is 5.30. The minimum atomic E-state index is -1.11. The van der Waals surface area contributed by atoms with Gasteiger partial charge in [-0.25, -0.2) is 8.78 Å². The van der Waals surface area contributed by atoms with Gasteiger partial charge in [0, 0.05) is 30.4 Å². The van der Waals surface area contributed by atoms with Crippen LogP contribution in [-0.4, -0.2) is 34.4 Å². The topological polar surface area (TPSA) is 91.3 Å². The van der Waals surface area contributed by atoms with Crippen molar-refractivity contribution < 1.29 is 22.7 Å². The number of benzene rings is 1. The number of likely N-dealkylation sites (N-methyl/N-ethyl adjacent to an activating group) is 1. The Morgan fingerprint density at radius 3 is 2.69 bits per heavy atom. The highest BCUT2D eigenvalue weighted by atomic mass is 19.2. The van der Waals surface area contributed by atoms with Crippen molar-refractivity contribution in [1.29, 1.82) is 0 Å². The number of nitrogens with zero attached hydrogens (tertiary/aromatic N) is 1. The van der Waals surface area contributed by atoms with Crippen molar-refractivity contribution in [1.82, 2.24) is 14.9 Å². The lowest BCUT2D eigenvalue weighted by atomic mass is 9.95. The minimum Gasteiger partial charge on any atom is -0.463 e. The third-order valence-corrected chi connectivity index (χ3v) is 5.30. The molecule has 4 aromatic rings. The molecule has 0 aliphatic carbocycles. The van der Waals surface area contributed by atoms with E-state index in [0.717, 1.165) is 12.1 Å². The van der Waals surface area contributed by atoms with Gasteiger partial charge in [0.2, 0.25) is 0 Å². The number of aromatic amines is 2. The van der Waals surface area contributed by atoms with Gasteiger partial charge in [-0.2, -0.15) is 0 Å². The Morgan fingerprint density at radius 1 is 1.17 bits per heavy atom. The van der Waals surface area contributed by atoms with E-state index in [1.807, 2.05) is 0 Å². The molecule has 148 valence electrons. The lowest BCUT2D eigenvalue weighted by molar-refractivity contribution is 0.0333. The molecule has 0 radical (unpaired) electrons. The number of fused-ring (bicyclic) bond motifs is 4. The third kappa shape index (κ3) is 2.65. The van der Waals surface area contributed by atoms with Gasteiger partial charge >= 0.3 is 0 Å². The van der Waals surface area contributed by atoms with Crippen molar-refractivity contribution in [3.63, 3.8) is 0 Å². The van der Waals surface area contributed by atoms with Gasteiger partial charge in [0.15, 0.2) is 17.2 Å². The van der Waals surface area contributed by atoms with Gasteiger partial charge in [-0.3, -0.25) is 9.59 Å². The number of H-pyrrole nitrogens is 2. The van der Waals surface area contributed by atoms with Gasteiger partial charge in [-0.1, -0.05) is 0 Å². The van der Waals surface area contributed by atoms with Crippen LogP contribution in [0.3, 0.4) is 0 Å². The van der Waals surface area contributed by atoms with E-state index in [-0.39, 0.29) is 29.9 Å². The van der Waals surface area contributed by atoms with Crippen molar-refractivity contribution in [3.05, 3.63) is 69.5 Å². The summed E-state index contributed by atoms with van der Waals surface area (Å²) in [4.78, 5) is 32.5. The second kappa shape index (κ2) is 6.28. The quantitative estimate of drug-likeness (QED) is 0.542. The van der Waals surface area contributed by atoms with Crippen LogP contribution in [0.2, 0.25) is 0 Å². The molecule has 0 saturated carbocycles. The number of furan rings is 1. The zero-order valence-electron chi connectivity index (χ0n) is 15.2. The summed E-state index contributed by atoms with van der Waals surface area (Å²) in [5.41, 5.74) is 1.99. The minimum absolute atomic E-state index is 0.0211. The number of pyridine rings is 1. The lowest BCUT2D eigenvalue weighted by Crippen LogP contribution is -2.37. The molecule has 4 heterocycles. The largest absolute Gasteiger partial charge is 0.463 e. The maximum absolute atomic E-state index is 14.0. The van der Waals surface area contributed by atoms with Crippen molar-refractivity contribution in [2.75, 3.05) is 13.7 Å². The Kier molecular flexibility index (Phi) is 3.82. The molecule has 0 fully saturated rings. The summed E-state index contributed by atoms with van der Waals surface area (Å²) >= 11 is 0. The van der Waals surface area contributed by atoms with E-state index in [9.17, 15) is 18.4 Å². The Bertz CT molecular complexity index is 1310. The maximum atomic E-state index is 14.0. The fourth-order valence-electron chi connectivity index (χ4n) is 3.84. The van der Waals surface area contributed by atoms with Gasteiger partial charge in [0.1, 0.15) is 5.69 Å². The van der Waals surface area contributed by atoms with E-state index in [1.54, 1.807) is 19.2 Å². The highest BCUT2D eigenvalue weighted by Crippen LogP contribution is 2.34. The number of ether oxygens (including phenoxy) is 1. The molecule has 1 amide bonds. The first kappa shape index (κ1) is 17.6. The second-order valence-electron chi connectivity index (χ2n) is 6.99. The molecule has 0 bridgehead atoms. The molecule has 1 aliphatic rings. The molecule has 5 rings (SSSR count). The zero-order chi connectivity index (χ0) is 20.3. The fraction of sp³-hybridized carbons (Fsp3) is 0.200. The van der Waals surface area contributed by atoms with E-state index < -0.39 is 23.2 Å². The first-order chi connectivity index (χ1) is 13.9. The molecular weight excluding hydrogens is 384 g/mol. The molecule has 1 aromatic carbocycles. The smallest absolute Gasteiger partial charge is 0.270 e.